The molecule has 2 aromatic carbocycles. The Labute approximate surface area is 868 Å². The predicted molar refractivity (Wildman–Crippen MR) is 608 cm³/mol. The van der Waals surface area contributed by atoms with Crippen LogP contribution in [0.25, 0.3) is 28.0 Å². The number of nitrogens with one attached hydrogen (secondary N) is 4. The molecule has 5 N–H and O–H groups in total. The van der Waals surface area contributed by atoms with Crippen LogP contribution < -0.4 is 31.6 Å². The molecule has 16 rings (SSSR count). The summed E-state index contributed by atoms with van der Waals surface area (Å²) in [4.78, 5) is 79.1. The number of fused-ring (bicyclic) bond motifs is 2. The van der Waals surface area contributed by atoms with Gasteiger partial charge in [-0.3, -0.25) is 39.3 Å². The summed E-state index contributed by atoms with van der Waals surface area (Å²) in [6, 6.07) is 31.3. The number of ether oxygens (including phenoxy) is 2. The second kappa shape index (κ2) is 77.0. The molecule has 2 amide bonds. The number of allylic oxidation sites excluding steroid dienone is 4. The SMILES string of the molecule is C.C.C.C.C.C/C=C/c1cccnc1.C=C1CCC(C)=NN1.C=C1CCC(C)O1.C=C1CC[C@H](C)[C@@H](c2ccc(F)cc2)N1C.CC(=O)N1CCC(C)CC1.CC(C)(C)C.CC1CCC(=NO)CC1.CC1CCCCC1.CCCC1NC(=S)N(C)C1=O.CCOC(C)=O.CCSc1ncccn1.CN[C@@H]1CC1C.Cc1cc[n+](C)c2ccccc12.Cc1ccc(=O)n(C)c1.Cc1ccc2c(=O)c(C)c[nH]c2n1. The molecule has 0 bridgehead atoms. The number of esters is 1. The van der Waals surface area contributed by atoms with Crippen LogP contribution in [0.1, 0.15) is 323 Å². The molecule has 4 saturated heterocycles. The third-order valence-corrected chi connectivity index (χ3v) is 24.3. The number of aromatic nitrogens is 7. The highest BCUT2D eigenvalue weighted by atomic mass is 32.2. The number of H-pyrrole nitrogens is 1. The molecular formula is C116H191FN15O8S2+. The van der Waals surface area contributed by atoms with E-state index in [0.29, 0.717) is 46.2 Å². The van der Waals surface area contributed by atoms with Gasteiger partial charge in [-0.2, -0.15) is 5.10 Å². The summed E-state index contributed by atoms with van der Waals surface area (Å²) >= 11 is 6.56. The summed E-state index contributed by atoms with van der Waals surface area (Å²) in [5.74, 6) is 6.14. The zero-order valence-corrected chi connectivity index (χ0v) is 89.8. The molecule has 23 nitrogen and oxygen atoms in total. The molecule has 142 heavy (non-hydrogen) atoms. The molecule has 796 valence electrons. The maximum atomic E-state index is 12.9. The molecule has 6 atom stereocenters. The van der Waals surface area contributed by atoms with E-state index in [0.717, 1.165) is 163 Å². The molecular weight excluding hydrogens is 1810 g/mol. The summed E-state index contributed by atoms with van der Waals surface area (Å²) in [5.41, 5.74) is 16.1. The highest BCUT2D eigenvalue weighted by molar-refractivity contribution is 7.99. The van der Waals surface area contributed by atoms with Crippen LogP contribution in [0.4, 0.5) is 4.39 Å². The lowest BCUT2D eigenvalue weighted by Gasteiger charge is -2.40. The largest absolute Gasteiger partial charge is 0.496 e. The Morgan fingerprint density at radius 3 is 1.75 bits per heavy atom. The molecule has 8 aliphatic rings. The van der Waals surface area contributed by atoms with E-state index in [1.807, 2.05) is 113 Å². The molecule has 3 saturated carbocycles. The summed E-state index contributed by atoms with van der Waals surface area (Å²) in [7, 11) is 9.62. The number of likely N-dealkylation sites (tertiary alicyclic amines) is 2. The summed E-state index contributed by atoms with van der Waals surface area (Å²) in [6.07, 6.45) is 41.1. The van der Waals surface area contributed by atoms with Gasteiger partial charge in [-0.15, -0.1) is 0 Å². The van der Waals surface area contributed by atoms with Gasteiger partial charge < -0.3 is 44.7 Å². The zero-order valence-electron chi connectivity index (χ0n) is 88.1. The minimum atomic E-state index is -0.211. The van der Waals surface area contributed by atoms with Gasteiger partial charge in [0.1, 0.15) is 24.6 Å². The molecule has 5 aliphatic heterocycles. The molecule has 0 radical (unpaired) electrons. The van der Waals surface area contributed by atoms with Gasteiger partial charge in [0.25, 0.3) is 5.91 Å². The summed E-state index contributed by atoms with van der Waals surface area (Å²) < 4.78 is 26.2. The van der Waals surface area contributed by atoms with E-state index >= 15 is 0 Å². The number of thiocarbonyl (C=S) groups is 1. The smallest absolute Gasteiger partial charge is 0.302 e. The van der Waals surface area contributed by atoms with Gasteiger partial charge in [-0.25, -0.2) is 23.9 Å². The molecule has 11 heterocycles. The first kappa shape index (κ1) is 138. The number of halogens is 1. The Hall–Kier alpha value is -10.6. The number of amides is 2. The normalized spacial score (nSPS) is 18.2. The van der Waals surface area contributed by atoms with Crippen LogP contribution in [0.15, 0.2) is 208 Å². The lowest BCUT2D eigenvalue weighted by Crippen LogP contribution is -2.36. The van der Waals surface area contributed by atoms with Crippen LogP contribution in [-0.4, -0.2) is 148 Å². The summed E-state index contributed by atoms with van der Waals surface area (Å²) in [5, 5.41) is 25.1. The highest BCUT2D eigenvalue weighted by Gasteiger charge is 2.32. The van der Waals surface area contributed by atoms with Gasteiger partial charge in [0, 0.05) is 150 Å². The van der Waals surface area contributed by atoms with Crippen LogP contribution in [0.2, 0.25) is 0 Å². The summed E-state index contributed by atoms with van der Waals surface area (Å²) in [6.45, 7) is 56.8. The number of benzene rings is 2. The fourth-order valence-electron chi connectivity index (χ4n) is 14.5. The second-order valence-corrected chi connectivity index (χ2v) is 39.6. The standard InChI is InChI=1S/C14H18FN.C11H12N.C10H10N2O.C8H15NO.C8H9N.C7H12N2OS.C7H9NO.C7H13NO.C7H14.C6H8N2S.C6H10N2.C6H10O.C5H11N.C5H12.C4H8O2.5CH4/c1-10-4-5-11(2)16(3)14(10)12-6-8-13(15)9-7-12;1-9-7-8-12(2)11-6-4-3-5-10(9)11;1-6-5-11-10-8(9(6)13)4-3-7(2)12-10;1-7-3-5-9(6-4-7)8(2)10;1-2-4-8-5-3-6-9-7-8;1-3-4-5-6(10)9(2)7(11)8-5;1-6-3-4-7(9)8(2)5-6;1-6-2-4-7(8-9)5-3-6;1-7-5-3-2-4-6-7;1-2-9-6-7-4-3-5-8-6;1-5-3-4-6(2)8-7-5;1-5-3-4-6(2)7-5;1-4-3-5(4)6-2;1-5(2,3)4;1-3-6-4(2)5;;;;;/h6-10,14H,2,4-5H2,1,3H3;3-8H,1-2H3;3-5H,1-2H3,(H,11,12,13);7H,3-6H2,1-2H3;2-7H,1H3;5H,3-4H2,1-2H3,(H,8,11);3-5H,1-2H3;6,9H,2-5H2,1H3;7H,2-6H2,1H3;3-5H,2H2,1H3;7H,1,3-4H2,2H3;6H,1,3-4H2,2H3;4-6H,3H2,1-2H3;1-4H3;3H2,1-2H3;5*1H4/q;+1;;;;;;;;;;;;;;;;;;/b;;;;4-2+;;;;;;;;;;;;;;;/t10-,14-;;;;;;;;;;;;4?,5-;;;;;;;/m0...........1......./s1. The maximum Gasteiger partial charge on any atom is 0.302 e. The Bertz CT molecular complexity index is 5010. The first-order chi connectivity index (χ1) is 64.9. The van der Waals surface area contributed by atoms with Crippen LogP contribution in [0.5, 0.6) is 0 Å². The minimum absolute atomic E-state index is 0. The number of carbonyl (C=O) groups excluding carboxylic acids is 3. The minimum Gasteiger partial charge on any atom is -0.496 e. The molecule has 26 heteroatoms. The van der Waals surface area contributed by atoms with Crippen LogP contribution in [-0.2, 0) is 38.0 Å². The van der Waals surface area contributed by atoms with E-state index in [2.05, 4.69) is 226 Å². The second-order valence-electron chi connectivity index (χ2n) is 37.9. The number of rotatable bonds is 8. The average Bonchev–Trinajstić information content (AvgIpc) is 1.05. The number of piperidine rings is 2. The molecule has 3 aliphatic carbocycles. The number of para-hydroxylation sites is 1. The van der Waals surface area contributed by atoms with E-state index < -0.39 is 0 Å². The van der Waals surface area contributed by atoms with E-state index in [4.69, 9.17) is 22.2 Å². The van der Waals surface area contributed by atoms with Crippen LogP contribution in [0.3, 0.4) is 0 Å². The Balaban J connectivity index is -0.000000723. The monoisotopic (exact) mass is 2010 g/mol. The number of hydrazone groups is 1. The number of oxime groups is 1. The maximum absolute atomic E-state index is 12.9. The van der Waals surface area contributed by atoms with E-state index in [9.17, 15) is 28.4 Å². The lowest BCUT2D eigenvalue weighted by atomic mass is 9.85. The van der Waals surface area contributed by atoms with E-state index in [-0.39, 0.29) is 77.8 Å². The van der Waals surface area contributed by atoms with E-state index in [1.165, 1.54) is 116 Å². The fraction of sp³-hybridized carbons (Fsp3) is 0.560. The highest BCUT2D eigenvalue weighted by Crippen LogP contribution is 2.39. The lowest BCUT2D eigenvalue weighted by molar-refractivity contribution is -0.644. The number of thioether (sulfide) groups is 1. The molecule has 6 aromatic heterocycles. The number of aryl methyl sites for hydroxylation is 6. The zero-order chi connectivity index (χ0) is 103. The first-order valence-corrected chi connectivity index (χ1v) is 50.5. The number of aromatic amines is 1. The first-order valence-electron chi connectivity index (χ1n) is 49.1. The van der Waals surface area contributed by atoms with Crippen molar-refractivity contribution in [2.24, 2.45) is 59.4 Å². The molecule has 3 unspecified atom stereocenters. The molecule has 7 fully saturated rings. The number of nitrogens with zero attached hydrogens (tertiary/aromatic N) is 11. The van der Waals surface area contributed by atoms with Gasteiger partial charge in [0.05, 0.1) is 35.6 Å². The van der Waals surface area contributed by atoms with E-state index in [1.54, 1.807) is 82.0 Å². The van der Waals surface area contributed by atoms with Crippen molar-refractivity contribution in [1.82, 2.24) is 60.2 Å². The fourth-order valence-corrected chi connectivity index (χ4v) is 15.2. The van der Waals surface area contributed by atoms with Gasteiger partial charge in [0.2, 0.25) is 17.0 Å². The van der Waals surface area contributed by atoms with Crippen molar-refractivity contribution in [3.63, 3.8) is 0 Å². The van der Waals surface area contributed by atoms with Gasteiger partial charge in [0.15, 0.2) is 21.9 Å². The number of hydrogen-bond acceptors (Lipinski definition) is 19. The van der Waals surface area contributed by atoms with Gasteiger partial charge in [-0.05, 0) is 264 Å². The van der Waals surface area contributed by atoms with Crippen molar-refractivity contribution in [2.75, 3.05) is 46.6 Å². The molecule has 8 aromatic rings. The van der Waals surface area contributed by atoms with Crippen molar-refractivity contribution >= 4 is 86.3 Å². The van der Waals surface area contributed by atoms with Gasteiger partial charge in [-0.1, -0.05) is 237 Å². The van der Waals surface area contributed by atoms with Crippen molar-refractivity contribution in [3.05, 3.63) is 243 Å². The van der Waals surface area contributed by atoms with Crippen LogP contribution >= 0.6 is 24.0 Å². The third kappa shape index (κ3) is 60.1. The van der Waals surface area contributed by atoms with Crippen molar-refractivity contribution in [3.8, 4) is 0 Å². The Morgan fingerprint density at radius 2 is 1.32 bits per heavy atom. The quantitative estimate of drug-likeness (QED) is 0.0180. The average molecular weight is 2010 g/mol. The van der Waals surface area contributed by atoms with Crippen molar-refractivity contribution in [2.45, 2.75) is 340 Å². The number of likely N-dealkylation sites (N-methyl/N-ethyl adjacent to an activating group) is 1. The predicted octanol–water partition coefficient (Wildman–Crippen LogP) is 27.4. The number of hydrogen-bond donors (Lipinski definition) is 5. The van der Waals surface area contributed by atoms with Crippen molar-refractivity contribution < 1.29 is 38.0 Å². The molecule has 0 spiro atoms. The topological polar surface area (TPSA) is 271 Å². The van der Waals surface area contributed by atoms with Crippen LogP contribution in [0, 0.1) is 68.5 Å². The number of carbonyl (C=O) groups is 3. The Kier molecular flexibility index (Phi) is 74.7. The third-order valence-electron chi connectivity index (χ3n) is 23.1. The van der Waals surface area contributed by atoms with Gasteiger partial charge >= 0.3 is 5.97 Å². The Morgan fingerprint density at radius 1 is 0.718 bits per heavy atom. The number of pyridine rings is 5. The van der Waals surface area contributed by atoms with Crippen molar-refractivity contribution in [1.29, 1.82) is 0 Å².